The van der Waals surface area contributed by atoms with E-state index in [9.17, 15) is 13.2 Å². The second-order valence-electron chi connectivity index (χ2n) is 7.22. The summed E-state index contributed by atoms with van der Waals surface area (Å²) in [5.74, 6) is 1.16. The number of benzene rings is 1. The molecule has 1 aromatic heterocycles. The highest BCUT2D eigenvalue weighted by Gasteiger charge is 2.33. The number of carbonyl (C=O) groups is 1. The van der Waals surface area contributed by atoms with Crippen LogP contribution < -0.4 is 14.8 Å². The number of thiophene rings is 1. The molecule has 0 saturated carbocycles. The maximum absolute atomic E-state index is 12.9. The van der Waals surface area contributed by atoms with Gasteiger partial charge in [-0.1, -0.05) is 18.6 Å². The lowest BCUT2D eigenvalue weighted by Gasteiger charge is -2.34. The highest BCUT2D eigenvalue weighted by atomic mass is 32.2. The third kappa shape index (κ3) is 4.69. The fraction of sp³-hybridized carbons (Fsp3) is 0.381. The molecule has 1 fully saturated rings. The molecule has 0 unspecified atom stereocenters. The van der Waals surface area contributed by atoms with Gasteiger partial charge in [0.1, 0.15) is 4.21 Å². The molecule has 160 valence electrons. The molecule has 1 saturated heterocycles. The van der Waals surface area contributed by atoms with Crippen molar-refractivity contribution in [2.45, 2.75) is 35.9 Å². The van der Waals surface area contributed by atoms with Gasteiger partial charge in [-0.2, -0.15) is 4.31 Å². The molecular formula is C21H24N2O5S2. The third-order valence-electron chi connectivity index (χ3n) is 5.23. The largest absolute Gasteiger partial charge is 0.454 e. The van der Waals surface area contributed by atoms with E-state index >= 15 is 0 Å². The number of carbonyl (C=O) groups excluding carboxylic acids is 1. The zero-order valence-electron chi connectivity index (χ0n) is 16.5. The van der Waals surface area contributed by atoms with Crippen molar-refractivity contribution >= 4 is 33.3 Å². The Morgan fingerprint density at radius 3 is 2.93 bits per heavy atom. The maximum Gasteiger partial charge on any atom is 0.252 e. The van der Waals surface area contributed by atoms with Gasteiger partial charge in [-0.25, -0.2) is 8.42 Å². The van der Waals surface area contributed by atoms with Crippen LogP contribution in [0.3, 0.4) is 0 Å². The van der Waals surface area contributed by atoms with Gasteiger partial charge in [0.15, 0.2) is 11.5 Å². The minimum absolute atomic E-state index is 0.0935. The van der Waals surface area contributed by atoms with Gasteiger partial charge in [-0.3, -0.25) is 4.79 Å². The van der Waals surface area contributed by atoms with E-state index in [4.69, 9.17) is 9.47 Å². The van der Waals surface area contributed by atoms with Crippen molar-refractivity contribution in [1.82, 2.24) is 9.62 Å². The van der Waals surface area contributed by atoms with Crippen LogP contribution in [-0.2, 0) is 14.8 Å². The number of sulfonamides is 1. The number of piperidine rings is 1. The van der Waals surface area contributed by atoms with Crippen molar-refractivity contribution in [3.63, 3.8) is 0 Å². The third-order valence-corrected chi connectivity index (χ3v) is 8.56. The van der Waals surface area contributed by atoms with Gasteiger partial charge in [0, 0.05) is 25.2 Å². The fourth-order valence-electron chi connectivity index (χ4n) is 3.71. The van der Waals surface area contributed by atoms with Crippen molar-refractivity contribution in [2.75, 3.05) is 19.9 Å². The van der Waals surface area contributed by atoms with Crippen LogP contribution in [0.1, 0.15) is 31.2 Å². The monoisotopic (exact) mass is 448 g/mol. The maximum atomic E-state index is 12.9. The van der Waals surface area contributed by atoms with Gasteiger partial charge in [0.05, 0.1) is 0 Å². The second kappa shape index (κ2) is 9.20. The number of nitrogens with one attached hydrogen (secondary N) is 1. The number of nitrogens with zero attached hydrogens (tertiary/aromatic N) is 1. The Morgan fingerprint density at radius 2 is 2.10 bits per heavy atom. The predicted molar refractivity (Wildman–Crippen MR) is 115 cm³/mol. The quantitative estimate of drug-likeness (QED) is 0.658. The normalized spacial score (nSPS) is 19.3. The Morgan fingerprint density at radius 1 is 1.23 bits per heavy atom. The molecule has 7 nitrogen and oxygen atoms in total. The number of hydrogen-bond donors (Lipinski definition) is 1. The van der Waals surface area contributed by atoms with Gasteiger partial charge in [-0.15, -0.1) is 11.3 Å². The molecule has 0 spiro atoms. The number of fused-ring (bicyclic) bond motifs is 1. The summed E-state index contributed by atoms with van der Waals surface area (Å²) in [6.07, 6.45) is 6.45. The van der Waals surface area contributed by atoms with Crippen LogP contribution in [0.25, 0.3) is 6.08 Å². The molecule has 1 aromatic carbocycles. The van der Waals surface area contributed by atoms with E-state index in [1.807, 2.05) is 18.2 Å². The molecule has 1 N–H and O–H groups in total. The van der Waals surface area contributed by atoms with Gasteiger partial charge < -0.3 is 14.8 Å². The summed E-state index contributed by atoms with van der Waals surface area (Å²) >= 11 is 1.24. The molecule has 0 radical (unpaired) electrons. The summed E-state index contributed by atoms with van der Waals surface area (Å²) < 4.78 is 38.4. The van der Waals surface area contributed by atoms with Crippen LogP contribution >= 0.6 is 11.3 Å². The van der Waals surface area contributed by atoms with Crippen LogP contribution in [-0.4, -0.2) is 44.6 Å². The predicted octanol–water partition coefficient (Wildman–Crippen LogP) is 3.24. The van der Waals surface area contributed by atoms with E-state index in [-0.39, 0.29) is 18.7 Å². The van der Waals surface area contributed by atoms with E-state index in [2.05, 4.69) is 5.32 Å². The van der Waals surface area contributed by atoms with Gasteiger partial charge >= 0.3 is 0 Å². The smallest absolute Gasteiger partial charge is 0.252 e. The zero-order chi connectivity index (χ0) is 21.0. The minimum atomic E-state index is -3.47. The van der Waals surface area contributed by atoms with Gasteiger partial charge in [0.2, 0.25) is 12.7 Å². The van der Waals surface area contributed by atoms with Crippen LogP contribution in [0.5, 0.6) is 11.5 Å². The SMILES string of the molecule is O=C(/C=C/c1ccc2c(c1)OCO2)NCC[C@H]1CCCCN1S(=O)(=O)c1cccs1. The van der Waals surface area contributed by atoms with E-state index in [1.54, 1.807) is 27.9 Å². The Hall–Kier alpha value is -2.36. The van der Waals surface area contributed by atoms with Crippen LogP contribution in [0.2, 0.25) is 0 Å². The minimum Gasteiger partial charge on any atom is -0.454 e. The zero-order valence-corrected chi connectivity index (χ0v) is 18.1. The summed E-state index contributed by atoms with van der Waals surface area (Å²) in [5, 5.41) is 4.64. The molecular weight excluding hydrogens is 424 g/mol. The molecule has 0 bridgehead atoms. The van der Waals surface area contributed by atoms with E-state index in [0.29, 0.717) is 35.2 Å². The number of hydrogen-bond acceptors (Lipinski definition) is 6. The second-order valence-corrected chi connectivity index (χ2v) is 10.3. The standard InChI is InChI=1S/C21H24N2O5S2/c24-20(9-7-16-6-8-18-19(14-16)28-15-27-18)22-11-10-17-4-1-2-12-23(17)30(25,26)21-5-3-13-29-21/h3,5-9,13-14,17H,1-2,4,10-12,15H2,(H,22,24)/b9-7+/t17-/m1/s1. The van der Waals surface area contributed by atoms with Gasteiger partial charge in [-0.05, 0) is 54.5 Å². The molecule has 2 aliphatic heterocycles. The summed E-state index contributed by atoms with van der Waals surface area (Å²) in [6, 6.07) is 8.79. The van der Waals surface area contributed by atoms with Crippen molar-refractivity contribution in [3.05, 3.63) is 47.4 Å². The molecule has 1 atom stereocenters. The lowest BCUT2D eigenvalue weighted by Crippen LogP contribution is -2.44. The average Bonchev–Trinajstić information content (AvgIpc) is 3.44. The lowest BCUT2D eigenvalue weighted by atomic mass is 10.0. The molecule has 1 amide bonds. The highest BCUT2D eigenvalue weighted by Crippen LogP contribution is 2.33. The number of amides is 1. The summed E-state index contributed by atoms with van der Waals surface area (Å²) in [7, 11) is -3.47. The molecule has 30 heavy (non-hydrogen) atoms. The molecule has 9 heteroatoms. The Balaban J connectivity index is 1.31. The Kier molecular flexibility index (Phi) is 6.40. The number of ether oxygens (including phenoxy) is 2. The molecule has 3 heterocycles. The van der Waals surface area contributed by atoms with Crippen molar-refractivity contribution in [1.29, 1.82) is 0 Å². The first-order valence-electron chi connectivity index (χ1n) is 9.95. The first kappa shape index (κ1) is 20.9. The Bertz CT molecular complexity index is 1020. The van der Waals surface area contributed by atoms with Crippen molar-refractivity contribution in [3.8, 4) is 11.5 Å². The summed E-state index contributed by atoms with van der Waals surface area (Å²) in [6.45, 7) is 1.16. The van der Waals surface area contributed by atoms with Crippen molar-refractivity contribution < 1.29 is 22.7 Å². The van der Waals surface area contributed by atoms with Crippen molar-refractivity contribution in [2.24, 2.45) is 0 Å². The molecule has 4 rings (SSSR count). The van der Waals surface area contributed by atoms with E-state index < -0.39 is 10.0 Å². The molecule has 2 aliphatic rings. The van der Waals surface area contributed by atoms with Gasteiger partial charge in [0.25, 0.3) is 10.0 Å². The molecule has 0 aliphatic carbocycles. The van der Waals surface area contributed by atoms with Crippen LogP contribution in [0, 0.1) is 0 Å². The van der Waals surface area contributed by atoms with Crippen LogP contribution in [0.15, 0.2) is 46.0 Å². The van der Waals surface area contributed by atoms with E-state index in [1.165, 1.54) is 17.4 Å². The first-order chi connectivity index (χ1) is 14.5. The lowest BCUT2D eigenvalue weighted by molar-refractivity contribution is -0.116. The number of rotatable bonds is 7. The average molecular weight is 449 g/mol. The van der Waals surface area contributed by atoms with E-state index in [0.717, 1.165) is 24.8 Å². The van der Waals surface area contributed by atoms with Crippen LogP contribution in [0.4, 0.5) is 0 Å². The highest BCUT2D eigenvalue weighted by molar-refractivity contribution is 7.91. The Labute approximate surface area is 180 Å². The summed E-state index contributed by atoms with van der Waals surface area (Å²) in [5.41, 5.74) is 0.842. The first-order valence-corrected chi connectivity index (χ1v) is 12.3. The molecule has 2 aromatic rings. The fourth-order valence-corrected chi connectivity index (χ4v) is 6.56. The summed E-state index contributed by atoms with van der Waals surface area (Å²) in [4.78, 5) is 12.2. The topological polar surface area (TPSA) is 84.9 Å².